The predicted octanol–water partition coefficient (Wildman–Crippen LogP) is 9.02. The fraction of sp³-hybridized carbons (Fsp3) is 0.0625. The number of para-hydroxylation sites is 1. The van der Waals surface area contributed by atoms with Gasteiger partial charge in [-0.25, -0.2) is 0 Å². The van der Waals surface area contributed by atoms with Crippen molar-refractivity contribution in [2.75, 3.05) is 12.0 Å². The van der Waals surface area contributed by atoms with Crippen LogP contribution in [0.1, 0.15) is 24.1 Å². The molecule has 5 heteroatoms. The Bertz CT molecular complexity index is 2070. The lowest BCUT2D eigenvalue weighted by atomic mass is 10.1. The number of amides is 1. The minimum atomic E-state index is -1.08. The van der Waals surface area contributed by atoms with Crippen molar-refractivity contribution in [1.29, 1.82) is 0 Å². The summed E-state index contributed by atoms with van der Waals surface area (Å²) in [4.78, 5) is 17.2. The average molecular weight is 726 g/mol. The number of nitrogens with zero attached hydrogens (tertiary/aromatic N) is 1. The SMILES string of the molecule is COc1ccc(/C=C/C(=O)N(c2c(P(c3ccccc3)c3ccccc3)cccc2P(c2ccccc2)c2ccccc2)[C@@H](C)c2ccccc2)cc1. The largest absolute Gasteiger partial charge is 0.497 e. The van der Waals surface area contributed by atoms with Crippen LogP contribution in [0.5, 0.6) is 5.75 Å². The van der Waals surface area contributed by atoms with Crippen molar-refractivity contribution in [2.24, 2.45) is 0 Å². The monoisotopic (exact) mass is 725 g/mol. The Hall–Kier alpha value is -5.59. The van der Waals surface area contributed by atoms with Crippen molar-refractivity contribution in [1.82, 2.24) is 0 Å². The van der Waals surface area contributed by atoms with Gasteiger partial charge < -0.3 is 9.64 Å². The van der Waals surface area contributed by atoms with Crippen LogP contribution in [-0.4, -0.2) is 13.0 Å². The number of carbonyl (C=O) groups is 1. The first kappa shape index (κ1) is 35.8. The summed E-state index contributed by atoms with van der Waals surface area (Å²) in [6.07, 6.45) is 3.63. The van der Waals surface area contributed by atoms with Crippen LogP contribution in [-0.2, 0) is 4.79 Å². The maximum atomic E-state index is 15.2. The Kier molecular flexibility index (Phi) is 11.7. The topological polar surface area (TPSA) is 29.5 Å². The third kappa shape index (κ3) is 8.24. The molecule has 0 aliphatic carbocycles. The van der Waals surface area contributed by atoms with Gasteiger partial charge in [0.25, 0.3) is 5.91 Å². The molecule has 0 aliphatic heterocycles. The fourth-order valence-corrected chi connectivity index (χ4v) is 11.7. The number of ether oxygens (including phenoxy) is 1. The second-order valence-corrected chi connectivity index (χ2v) is 16.9. The van der Waals surface area contributed by atoms with Crippen molar-refractivity contribution < 1.29 is 9.53 Å². The quantitative estimate of drug-likeness (QED) is 0.0930. The van der Waals surface area contributed by atoms with E-state index in [1.165, 1.54) is 21.2 Å². The summed E-state index contributed by atoms with van der Waals surface area (Å²) < 4.78 is 5.39. The molecule has 0 bridgehead atoms. The molecule has 0 saturated heterocycles. The second kappa shape index (κ2) is 17.3. The van der Waals surface area contributed by atoms with Gasteiger partial charge >= 0.3 is 0 Å². The van der Waals surface area contributed by atoms with E-state index in [1.54, 1.807) is 13.2 Å². The van der Waals surface area contributed by atoms with Crippen LogP contribution in [0, 0.1) is 0 Å². The van der Waals surface area contributed by atoms with Gasteiger partial charge in [0.05, 0.1) is 18.8 Å². The van der Waals surface area contributed by atoms with Gasteiger partial charge in [0, 0.05) is 16.7 Å². The average Bonchev–Trinajstić information content (AvgIpc) is 3.23. The van der Waals surface area contributed by atoms with Crippen molar-refractivity contribution in [3.63, 3.8) is 0 Å². The van der Waals surface area contributed by atoms with Crippen molar-refractivity contribution in [2.45, 2.75) is 13.0 Å². The molecule has 0 fully saturated rings. The van der Waals surface area contributed by atoms with E-state index in [1.807, 2.05) is 36.4 Å². The molecule has 7 aromatic carbocycles. The number of rotatable bonds is 12. The first-order chi connectivity index (χ1) is 26.1. The molecule has 7 rings (SSSR count). The zero-order valence-electron chi connectivity index (χ0n) is 29.9. The number of anilines is 1. The number of hydrogen-bond donors (Lipinski definition) is 0. The summed E-state index contributed by atoms with van der Waals surface area (Å²) in [5, 5.41) is 7.19. The summed E-state index contributed by atoms with van der Waals surface area (Å²) in [5.41, 5.74) is 2.95. The molecule has 3 nitrogen and oxygen atoms in total. The van der Waals surface area contributed by atoms with Crippen molar-refractivity contribution >= 4 is 65.3 Å². The molecule has 0 saturated carbocycles. The van der Waals surface area contributed by atoms with E-state index in [-0.39, 0.29) is 11.9 Å². The molecule has 0 unspecified atom stereocenters. The van der Waals surface area contributed by atoms with Gasteiger partial charge in [0.15, 0.2) is 0 Å². The van der Waals surface area contributed by atoms with E-state index in [4.69, 9.17) is 4.74 Å². The Morgan fingerprint density at radius 3 is 1.32 bits per heavy atom. The summed E-state index contributed by atoms with van der Waals surface area (Å²) in [5.74, 6) is 0.690. The number of hydrogen-bond acceptors (Lipinski definition) is 2. The molecule has 0 aromatic heterocycles. The predicted molar refractivity (Wildman–Crippen MR) is 228 cm³/mol. The maximum absolute atomic E-state index is 15.2. The summed E-state index contributed by atoms with van der Waals surface area (Å²) in [7, 11) is -0.495. The third-order valence-corrected chi connectivity index (χ3v) is 14.2. The van der Waals surface area contributed by atoms with Gasteiger partial charge in [-0.1, -0.05) is 182 Å². The number of benzene rings is 7. The molecule has 7 aromatic rings. The van der Waals surface area contributed by atoms with Crippen LogP contribution >= 0.6 is 15.8 Å². The zero-order chi connectivity index (χ0) is 36.4. The molecular weight excluding hydrogens is 684 g/mol. The Morgan fingerprint density at radius 1 is 0.528 bits per heavy atom. The van der Waals surface area contributed by atoms with Crippen molar-refractivity contribution in [3.8, 4) is 5.75 Å². The second-order valence-electron chi connectivity index (χ2n) is 12.6. The Morgan fingerprint density at radius 2 is 0.925 bits per heavy atom. The lowest BCUT2D eigenvalue weighted by Crippen LogP contribution is -2.41. The lowest BCUT2D eigenvalue weighted by molar-refractivity contribution is -0.114. The molecule has 1 amide bonds. The van der Waals surface area contributed by atoms with Crippen LogP contribution in [0.3, 0.4) is 0 Å². The highest BCUT2D eigenvalue weighted by Gasteiger charge is 2.33. The minimum absolute atomic E-state index is 0.0852. The Balaban J connectivity index is 1.53. The zero-order valence-corrected chi connectivity index (χ0v) is 31.7. The van der Waals surface area contributed by atoms with E-state index < -0.39 is 15.8 Å². The van der Waals surface area contributed by atoms with Gasteiger partial charge in [0.1, 0.15) is 5.75 Å². The summed E-state index contributed by atoms with van der Waals surface area (Å²) in [6.45, 7) is 2.15. The lowest BCUT2D eigenvalue weighted by Gasteiger charge is -2.36. The van der Waals surface area contributed by atoms with Crippen molar-refractivity contribution in [3.05, 3.63) is 211 Å². The molecule has 0 spiro atoms. The van der Waals surface area contributed by atoms with E-state index in [2.05, 4.69) is 176 Å². The van der Waals surface area contributed by atoms with E-state index in [0.29, 0.717) is 0 Å². The normalized spacial score (nSPS) is 11.8. The molecular formula is C48H41NO2P2. The fourth-order valence-electron chi connectivity index (χ4n) is 6.63. The third-order valence-electron chi connectivity index (χ3n) is 9.21. The van der Waals surface area contributed by atoms with Crippen LogP contribution in [0.25, 0.3) is 6.08 Å². The molecule has 53 heavy (non-hydrogen) atoms. The van der Waals surface area contributed by atoms with Gasteiger partial charge in [-0.2, -0.15) is 0 Å². The van der Waals surface area contributed by atoms with Gasteiger partial charge in [0.2, 0.25) is 0 Å². The minimum Gasteiger partial charge on any atom is -0.497 e. The molecule has 0 radical (unpaired) electrons. The standard InChI is InChI=1S/C48H41NO2P2/c1-37(39-19-8-3-9-20-39)49(47(50)36-33-38-31-34-40(51-2)35-32-38)48-45(52(41-21-10-4-11-22-41)42-23-12-5-13-24-42)29-18-30-46(48)53(43-25-14-6-15-26-43)44-27-16-7-17-28-44/h3-37H,1-2H3/b36-33+/t37-/m0/s1. The first-order valence-electron chi connectivity index (χ1n) is 17.8. The molecule has 260 valence electrons. The number of methoxy groups -OCH3 is 1. The summed E-state index contributed by atoms with van der Waals surface area (Å²) in [6, 6.07) is 67.6. The van der Waals surface area contributed by atoms with E-state index >= 15 is 4.79 Å². The number of carbonyl (C=O) groups excluding carboxylic acids is 1. The van der Waals surface area contributed by atoms with E-state index in [0.717, 1.165) is 33.2 Å². The first-order valence-corrected chi connectivity index (χ1v) is 20.4. The molecule has 0 heterocycles. The molecule has 1 atom stereocenters. The van der Waals surface area contributed by atoms with Gasteiger partial charge in [-0.15, -0.1) is 0 Å². The van der Waals surface area contributed by atoms with Gasteiger partial charge in [-0.05, 0) is 73.3 Å². The van der Waals surface area contributed by atoms with Gasteiger partial charge in [-0.3, -0.25) is 4.79 Å². The summed E-state index contributed by atoms with van der Waals surface area (Å²) >= 11 is 0. The highest BCUT2D eigenvalue weighted by Crippen LogP contribution is 2.43. The highest BCUT2D eigenvalue weighted by atomic mass is 31.1. The molecule has 0 aliphatic rings. The maximum Gasteiger partial charge on any atom is 0.251 e. The Labute approximate surface area is 315 Å². The van der Waals surface area contributed by atoms with E-state index in [9.17, 15) is 0 Å². The molecule has 0 N–H and O–H groups in total. The van der Waals surface area contributed by atoms with Crippen LogP contribution < -0.4 is 41.5 Å². The smallest absolute Gasteiger partial charge is 0.251 e. The van der Waals surface area contributed by atoms with Crippen LogP contribution in [0.15, 0.2) is 200 Å². The highest BCUT2D eigenvalue weighted by molar-refractivity contribution is 7.81. The van der Waals surface area contributed by atoms with Crippen LogP contribution in [0.2, 0.25) is 0 Å². The van der Waals surface area contributed by atoms with Crippen LogP contribution in [0.4, 0.5) is 5.69 Å².